The van der Waals surface area contributed by atoms with E-state index in [-0.39, 0.29) is 5.91 Å². The van der Waals surface area contributed by atoms with Crippen LogP contribution in [0.1, 0.15) is 15.9 Å². The summed E-state index contributed by atoms with van der Waals surface area (Å²) in [5, 5.41) is 3.94. The van der Waals surface area contributed by atoms with Crippen LogP contribution in [0.3, 0.4) is 0 Å². The quantitative estimate of drug-likeness (QED) is 0.650. The molecule has 1 N–H and O–H groups in total. The van der Waals surface area contributed by atoms with E-state index in [1.54, 1.807) is 31.4 Å². The highest BCUT2D eigenvalue weighted by molar-refractivity contribution is 5.95. The molecule has 0 aliphatic rings. The fourth-order valence-electron chi connectivity index (χ4n) is 1.91. The monoisotopic (exact) mass is 315 g/mol. The molecule has 2 aromatic rings. The zero-order valence-electron chi connectivity index (χ0n) is 13.1. The van der Waals surface area contributed by atoms with E-state index in [4.69, 9.17) is 14.2 Å². The maximum atomic E-state index is 11.9. The van der Waals surface area contributed by atoms with E-state index in [2.05, 4.69) is 15.5 Å². The average Bonchev–Trinajstić information content (AvgIpc) is 2.61. The minimum Gasteiger partial charge on any atom is -0.497 e. The maximum Gasteiger partial charge on any atom is 0.271 e. The molecule has 1 heterocycles. The van der Waals surface area contributed by atoms with Gasteiger partial charge in [-0.2, -0.15) is 5.10 Å². The number of nitrogens with zero attached hydrogens (tertiary/aromatic N) is 2. The van der Waals surface area contributed by atoms with Gasteiger partial charge >= 0.3 is 0 Å². The van der Waals surface area contributed by atoms with Crippen LogP contribution in [0.5, 0.6) is 17.2 Å². The number of hydrogen-bond donors (Lipinski definition) is 1. The first-order chi connectivity index (χ1) is 11.2. The van der Waals surface area contributed by atoms with Crippen LogP contribution >= 0.6 is 0 Å². The molecule has 1 aromatic heterocycles. The van der Waals surface area contributed by atoms with Crippen molar-refractivity contribution in [3.05, 3.63) is 47.8 Å². The molecule has 2 rings (SSSR count). The van der Waals surface area contributed by atoms with Gasteiger partial charge in [0.05, 0.1) is 27.5 Å². The van der Waals surface area contributed by atoms with E-state index in [9.17, 15) is 4.79 Å². The van der Waals surface area contributed by atoms with Gasteiger partial charge in [-0.05, 0) is 18.2 Å². The molecule has 23 heavy (non-hydrogen) atoms. The summed E-state index contributed by atoms with van der Waals surface area (Å²) >= 11 is 0. The molecule has 0 fully saturated rings. The summed E-state index contributed by atoms with van der Waals surface area (Å²) in [7, 11) is 4.61. The highest BCUT2D eigenvalue weighted by atomic mass is 16.5. The first kappa shape index (κ1) is 16.3. The summed E-state index contributed by atoms with van der Waals surface area (Å²) in [6.07, 6.45) is 4.53. The van der Waals surface area contributed by atoms with Crippen LogP contribution in [0.15, 0.2) is 41.8 Å². The molecule has 0 aliphatic carbocycles. The summed E-state index contributed by atoms with van der Waals surface area (Å²) in [4.78, 5) is 15.8. The first-order valence-electron chi connectivity index (χ1n) is 6.73. The van der Waals surface area contributed by atoms with Crippen molar-refractivity contribution in [3.63, 3.8) is 0 Å². The average molecular weight is 315 g/mol. The number of nitrogens with one attached hydrogen (secondary N) is 1. The number of benzene rings is 1. The largest absolute Gasteiger partial charge is 0.497 e. The molecule has 0 spiro atoms. The van der Waals surface area contributed by atoms with Gasteiger partial charge < -0.3 is 14.2 Å². The Labute approximate surface area is 133 Å². The standard InChI is InChI=1S/C16H17N3O4/c1-21-13-8-12(15(23-3)14(9-13)22-2)10-18-19-16(20)11-4-6-17-7-5-11/h4-10H,1-3H3,(H,19,20)/b18-10-. The highest BCUT2D eigenvalue weighted by Crippen LogP contribution is 2.34. The van der Waals surface area contributed by atoms with Crippen LogP contribution in [-0.4, -0.2) is 38.4 Å². The van der Waals surface area contributed by atoms with Crippen molar-refractivity contribution in [2.75, 3.05) is 21.3 Å². The third kappa shape index (κ3) is 3.97. The fraction of sp³-hybridized carbons (Fsp3) is 0.188. The number of carbonyl (C=O) groups excluding carboxylic acids is 1. The van der Waals surface area contributed by atoms with E-state index < -0.39 is 0 Å². The Kier molecular flexibility index (Phi) is 5.51. The summed E-state index contributed by atoms with van der Waals surface area (Å²) in [6, 6.07) is 6.62. The van der Waals surface area contributed by atoms with Crippen LogP contribution < -0.4 is 19.6 Å². The van der Waals surface area contributed by atoms with Gasteiger partial charge in [-0.25, -0.2) is 5.43 Å². The number of amides is 1. The van der Waals surface area contributed by atoms with Gasteiger partial charge in [-0.3, -0.25) is 9.78 Å². The van der Waals surface area contributed by atoms with Crippen molar-refractivity contribution < 1.29 is 19.0 Å². The Morgan fingerprint density at radius 2 is 1.87 bits per heavy atom. The number of hydrazone groups is 1. The van der Waals surface area contributed by atoms with E-state index in [1.807, 2.05) is 0 Å². The van der Waals surface area contributed by atoms with Crippen molar-refractivity contribution in [3.8, 4) is 17.2 Å². The van der Waals surface area contributed by atoms with E-state index in [0.29, 0.717) is 28.4 Å². The Balaban J connectivity index is 2.20. The number of aromatic nitrogens is 1. The molecule has 120 valence electrons. The number of rotatable bonds is 6. The van der Waals surface area contributed by atoms with Gasteiger partial charge in [0.15, 0.2) is 11.5 Å². The van der Waals surface area contributed by atoms with Crippen molar-refractivity contribution in [2.24, 2.45) is 5.10 Å². The molecule has 0 unspecified atom stereocenters. The molecule has 7 nitrogen and oxygen atoms in total. The minimum absolute atomic E-state index is 0.336. The number of methoxy groups -OCH3 is 3. The van der Waals surface area contributed by atoms with Crippen LogP contribution in [0.4, 0.5) is 0 Å². The zero-order chi connectivity index (χ0) is 16.7. The van der Waals surface area contributed by atoms with Gasteiger partial charge in [-0.1, -0.05) is 0 Å². The molecule has 0 bridgehead atoms. The summed E-state index contributed by atoms with van der Waals surface area (Å²) < 4.78 is 15.8. The van der Waals surface area contributed by atoms with Crippen LogP contribution in [0.2, 0.25) is 0 Å². The molecular formula is C16H17N3O4. The second-order valence-corrected chi connectivity index (χ2v) is 4.39. The summed E-state index contributed by atoms with van der Waals surface area (Å²) in [5.41, 5.74) is 3.51. The Hall–Kier alpha value is -3.09. The Bertz CT molecular complexity index is 702. The number of pyridine rings is 1. The summed E-state index contributed by atoms with van der Waals surface area (Å²) in [5.74, 6) is 1.26. The molecule has 1 amide bonds. The topological polar surface area (TPSA) is 82.0 Å². The summed E-state index contributed by atoms with van der Waals surface area (Å²) in [6.45, 7) is 0. The second-order valence-electron chi connectivity index (χ2n) is 4.39. The van der Waals surface area contributed by atoms with Gasteiger partial charge in [0.25, 0.3) is 5.91 Å². The Morgan fingerprint density at radius 1 is 1.13 bits per heavy atom. The number of carbonyl (C=O) groups is 1. The highest BCUT2D eigenvalue weighted by Gasteiger charge is 2.12. The second kappa shape index (κ2) is 7.79. The molecule has 0 saturated carbocycles. The lowest BCUT2D eigenvalue weighted by Gasteiger charge is -2.12. The SMILES string of the molecule is COc1cc(/C=N\NC(=O)c2ccncc2)c(OC)c(OC)c1. The molecule has 0 atom stereocenters. The smallest absolute Gasteiger partial charge is 0.271 e. The third-order valence-corrected chi connectivity index (χ3v) is 3.03. The molecule has 0 radical (unpaired) electrons. The van der Waals surface area contributed by atoms with Crippen LogP contribution in [0, 0.1) is 0 Å². The van der Waals surface area contributed by atoms with E-state index >= 15 is 0 Å². The van der Waals surface area contributed by atoms with E-state index in [0.717, 1.165) is 0 Å². The lowest BCUT2D eigenvalue weighted by atomic mass is 10.2. The molecule has 7 heteroatoms. The molecule has 1 aromatic carbocycles. The third-order valence-electron chi connectivity index (χ3n) is 3.03. The van der Waals surface area contributed by atoms with Gasteiger partial charge in [-0.15, -0.1) is 0 Å². The van der Waals surface area contributed by atoms with Crippen molar-refractivity contribution >= 4 is 12.1 Å². The lowest BCUT2D eigenvalue weighted by Crippen LogP contribution is -2.17. The fourth-order valence-corrected chi connectivity index (χ4v) is 1.91. The van der Waals surface area contributed by atoms with Gasteiger partial charge in [0.2, 0.25) is 0 Å². The van der Waals surface area contributed by atoms with Crippen molar-refractivity contribution in [1.82, 2.24) is 10.4 Å². The van der Waals surface area contributed by atoms with Crippen molar-refractivity contribution in [1.29, 1.82) is 0 Å². The number of hydrogen-bond acceptors (Lipinski definition) is 6. The molecule has 0 saturated heterocycles. The minimum atomic E-state index is -0.336. The number of ether oxygens (including phenoxy) is 3. The first-order valence-corrected chi connectivity index (χ1v) is 6.73. The predicted molar refractivity (Wildman–Crippen MR) is 85.4 cm³/mol. The normalized spacial score (nSPS) is 10.4. The molecule has 0 aliphatic heterocycles. The van der Waals surface area contributed by atoms with E-state index in [1.165, 1.54) is 32.8 Å². The van der Waals surface area contributed by atoms with Gasteiger partial charge in [0.1, 0.15) is 5.75 Å². The Morgan fingerprint density at radius 3 is 2.48 bits per heavy atom. The van der Waals surface area contributed by atoms with Crippen LogP contribution in [-0.2, 0) is 0 Å². The maximum absolute atomic E-state index is 11.9. The van der Waals surface area contributed by atoms with Crippen molar-refractivity contribution in [2.45, 2.75) is 0 Å². The molecular weight excluding hydrogens is 298 g/mol. The lowest BCUT2D eigenvalue weighted by molar-refractivity contribution is 0.0955. The predicted octanol–water partition coefficient (Wildman–Crippen LogP) is 1.87. The van der Waals surface area contributed by atoms with Gasteiger partial charge in [0, 0.05) is 29.6 Å². The van der Waals surface area contributed by atoms with Crippen LogP contribution in [0.25, 0.3) is 0 Å². The zero-order valence-corrected chi connectivity index (χ0v) is 13.1.